The molecule has 0 aliphatic heterocycles. The molecule has 0 aromatic heterocycles. The van der Waals surface area contributed by atoms with Gasteiger partial charge in [0.25, 0.3) is 0 Å². The van der Waals surface area contributed by atoms with Crippen molar-refractivity contribution in [1.29, 1.82) is 0 Å². The molecule has 0 saturated carbocycles. The van der Waals surface area contributed by atoms with Crippen LogP contribution in [0.25, 0.3) is 0 Å². The lowest BCUT2D eigenvalue weighted by molar-refractivity contribution is -0.133. The lowest BCUT2D eigenvalue weighted by Crippen LogP contribution is -2.46. The van der Waals surface area contributed by atoms with Gasteiger partial charge in [-0.3, -0.25) is 4.79 Å². The number of phenolic OH excluding ortho intramolecular Hbond substituents is 1. The molecule has 20 heavy (non-hydrogen) atoms. The number of carbonyl (C=O) groups is 1. The van der Waals surface area contributed by atoms with Crippen LogP contribution >= 0.6 is 0 Å². The molecule has 0 heterocycles. The van der Waals surface area contributed by atoms with Crippen LogP contribution < -0.4 is 5.73 Å². The van der Waals surface area contributed by atoms with E-state index < -0.39 is 6.04 Å². The number of carbonyl (C=O) groups excluding carboxylic acids is 1. The molecule has 4 nitrogen and oxygen atoms in total. The Morgan fingerprint density at radius 1 is 1.30 bits per heavy atom. The molecule has 1 aromatic rings. The summed E-state index contributed by atoms with van der Waals surface area (Å²) in [6, 6.07) is 6.30. The largest absolute Gasteiger partial charge is 0.508 e. The first-order valence-electron chi connectivity index (χ1n) is 7.30. The molecule has 1 aromatic carbocycles. The number of rotatable bonds is 7. The van der Waals surface area contributed by atoms with Crippen LogP contribution in [-0.4, -0.2) is 35.0 Å². The predicted molar refractivity (Wildman–Crippen MR) is 81.5 cm³/mol. The molecular weight excluding hydrogens is 252 g/mol. The third-order valence-corrected chi connectivity index (χ3v) is 3.63. The van der Waals surface area contributed by atoms with Gasteiger partial charge < -0.3 is 15.7 Å². The standard InChI is InChI=1S/C16H26N2O2/c1-4-12(3)11-18(5-2)16(20)15(17)10-13-6-8-14(19)9-7-13/h6-9,12,15,19H,4-5,10-11,17H2,1-3H3. The lowest BCUT2D eigenvalue weighted by Gasteiger charge is -2.27. The summed E-state index contributed by atoms with van der Waals surface area (Å²) in [7, 11) is 0. The summed E-state index contributed by atoms with van der Waals surface area (Å²) in [5.41, 5.74) is 6.99. The van der Waals surface area contributed by atoms with Gasteiger partial charge in [-0.2, -0.15) is 0 Å². The minimum Gasteiger partial charge on any atom is -0.508 e. The van der Waals surface area contributed by atoms with Crippen molar-refractivity contribution in [3.05, 3.63) is 29.8 Å². The van der Waals surface area contributed by atoms with E-state index in [-0.39, 0.29) is 11.7 Å². The van der Waals surface area contributed by atoms with Gasteiger partial charge in [0.15, 0.2) is 0 Å². The Bertz CT molecular complexity index is 417. The second-order valence-corrected chi connectivity index (χ2v) is 5.37. The van der Waals surface area contributed by atoms with E-state index in [1.165, 1.54) is 0 Å². The molecule has 0 aliphatic rings. The summed E-state index contributed by atoms with van der Waals surface area (Å²) in [6.07, 6.45) is 1.55. The van der Waals surface area contributed by atoms with Gasteiger partial charge in [-0.05, 0) is 37.0 Å². The minimum absolute atomic E-state index is 0.000810. The molecule has 0 saturated heterocycles. The minimum atomic E-state index is -0.524. The Balaban J connectivity index is 2.62. The fourth-order valence-corrected chi connectivity index (χ4v) is 2.09. The summed E-state index contributed by atoms with van der Waals surface area (Å²) in [5, 5.41) is 9.25. The first-order chi connectivity index (χ1) is 9.47. The molecule has 0 aliphatic carbocycles. The van der Waals surface area contributed by atoms with Gasteiger partial charge in [0.1, 0.15) is 5.75 Å². The van der Waals surface area contributed by atoms with E-state index in [0.29, 0.717) is 18.9 Å². The topological polar surface area (TPSA) is 66.6 Å². The molecule has 0 radical (unpaired) electrons. The lowest BCUT2D eigenvalue weighted by atomic mass is 10.0. The Morgan fingerprint density at radius 2 is 1.90 bits per heavy atom. The average molecular weight is 278 g/mol. The van der Waals surface area contributed by atoms with Crippen molar-refractivity contribution in [3.63, 3.8) is 0 Å². The highest BCUT2D eigenvalue weighted by Gasteiger charge is 2.21. The molecule has 4 heteroatoms. The van der Waals surface area contributed by atoms with Crippen LogP contribution in [0, 0.1) is 5.92 Å². The van der Waals surface area contributed by atoms with Crippen molar-refractivity contribution in [2.45, 2.75) is 39.7 Å². The first-order valence-corrected chi connectivity index (χ1v) is 7.30. The molecule has 3 N–H and O–H groups in total. The maximum absolute atomic E-state index is 12.3. The van der Waals surface area contributed by atoms with Gasteiger partial charge >= 0.3 is 0 Å². The maximum Gasteiger partial charge on any atom is 0.239 e. The zero-order valence-corrected chi connectivity index (χ0v) is 12.7. The van der Waals surface area contributed by atoms with Crippen LogP contribution in [0.1, 0.15) is 32.8 Å². The van der Waals surface area contributed by atoms with E-state index in [0.717, 1.165) is 18.5 Å². The highest BCUT2D eigenvalue weighted by molar-refractivity contribution is 5.82. The van der Waals surface area contributed by atoms with Crippen molar-refractivity contribution in [3.8, 4) is 5.75 Å². The van der Waals surface area contributed by atoms with E-state index in [1.807, 2.05) is 11.8 Å². The van der Waals surface area contributed by atoms with Crippen molar-refractivity contribution in [2.24, 2.45) is 11.7 Å². The van der Waals surface area contributed by atoms with E-state index in [2.05, 4.69) is 13.8 Å². The number of hydrogen-bond acceptors (Lipinski definition) is 3. The molecular formula is C16H26N2O2. The Labute approximate surface area is 121 Å². The first kappa shape index (κ1) is 16.5. The zero-order valence-electron chi connectivity index (χ0n) is 12.7. The Kier molecular flexibility index (Phi) is 6.52. The van der Waals surface area contributed by atoms with Crippen LogP contribution in [0.5, 0.6) is 5.75 Å². The van der Waals surface area contributed by atoms with E-state index >= 15 is 0 Å². The summed E-state index contributed by atoms with van der Waals surface area (Å²) in [5.74, 6) is 0.709. The second kappa shape index (κ2) is 7.90. The Morgan fingerprint density at radius 3 is 2.40 bits per heavy atom. The summed E-state index contributed by atoms with van der Waals surface area (Å²) >= 11 is 0. The zero-order chi connectivity index (χ0) is 15.1. The number of aromatic hydroxyl groups is 1. The van der Waals surface area contributed by atoms with E-state index in [4.69, 9.17) is 5.73 Å². The van der Waals surface area contributed by atoms with Crippen LogP contribution in [0.2, 0.25) is 0 Å². The third-order valence-electron chi connectivity index (χ3n) is 3.63. The van der Waals surface area contributed by atoms with Crippen LogP contribution in [0.3, 0.4) is 0 Å². The van der Waals surface area contributed by atoms with Gasteiger partial charge in [-0.1, -0.05) is 32.4 Å². The Hall–Kier alpha value is -1.55. The summed E-state index contributed by atoms with van der Waals surface area (Å²) in [6.45, 7) is 7.69. The van der Waals surface area contributed by atoms with Gasteiger partial charge in [0.05, 0.1) is 6.04 Å². The van der Waals surface area contributed by atoms with Crippen molar-refractivity contribution in [2.75, 3.05) is 13.1 Å². The maximum atomic E-state index is 12.3. The quantitative estimate of drug-likeness (QED) is 0.803. The van der Waals surface area contributed by atoms with Crippen LogP contribution in [0.4, 0.5) is 0 Å². The molecule has 1 amide bonds. The van der Waals surface area contributed by atoms with E-state index in [9.17, 15) is 9.90 Å². The fraction of sp³-hybridized carbons (Fsp3) is 0.562. The average Bonchev–Trinajstić information content (AvgIpc) is 2.46. The highest BCUT2D eigenvalue weighted by Crippen LogP contribution is 2.12. The second-order valence-electron chi connectivity index (χ2n) is 5.37. The van der Waals surface area contributed by atoms with Gasteiger partial charge in [-0.25, -0.2) is 0 Å². The SMILES string of the molecule is CCC(C)CN(CC)C(=O)C(N)Cc1ccc(O)cc1. The molecule has 0 bridgehead atoms. The molecule has 1 rings (SSSR count). The van der Waals surface area contributed by atoms with Gasteiger partial charge in [-0.15, -0.1) is 0 Å². The van der Waals surface area contributed by atoms with E-state index in [1.54, 1.807) is 24.3 Å². The normalized spacial score (nSPS) is 13.8. The van der Waals surface area contributed by atoms with Crippen LogP contribution in [0.15, 0.2) is 24.3 Å². The molecule has 0 spiro atoms. The van der Waals surface area contributed by atoms with Crippen LogP contribution in [-0.2, 0) is 11.2 Å². The number of nitrogens with zero attached hydrogens (tertiary/aromatic N) is 1. The van der Waals surface area contributed by atoms with Gasteiger partial charge in [0, 0.05) is 13.1 Å². The predicted octanol–water partition coefficient (Wildman–Crippen LogP) is 2.16. The van der Waals surface area contributed by atoms with Crippen molar-refractivity contribution >= 4 is 5.91 Å². The smallest absolute Gasteiger partial charge is 0.239 e. The number of hydrogen-bond donors (Lipinski definition) is 2. The highest BCUT2D eigenvalue weighted by atomic mass is 16.3. The number of likely N-dealkylation sites (N-methyl/N-ethyl adjacent to an activating group) is 1. The van der Waals surface area contributed by atoms with Gasteiger partial charge in [0.2, 0.25) is 5.91 Å². The number of amides is 1. The monoisotopic (exact) mass is 278 g/mol. The number of benzene rings is 1. The number of nitrogens with two attached hydrogens (primary N) is 1. The van der Waals surface area contributed by atoms with Crippen molar-refractivity contribution in [1.82, 2.24) is 4.90 Å². The summed E-state index contributed by atoms with van der Waals surface area (Å²) < 4.78 is 0. The van der Waals surface area contributed by atoms with Crippen molar-refractivity contribution < 1.29 is 9.90 Å². The third kappa shape index (κ3) is 4.85. The number of phenols is 1. The molecule has 2 atom stereocenters. The molecule has 112 valence electrons. The fourth-order valence-electron chi connectivity index (χ4n) is 2.09. The molecule has 2 unspecified atom stereocenters. The summed E-state index contributed by atoms with van der Waals surface area (Å²) in [4.78, 5) is 14.2. The molecule has 0 fully saturated rings.